The van der Waals surface area contributed by atoms with Crippen molar-refractivity contribution < 1.29 is 4.79 Å². The Kier molecular flexibility index (Phi) is 5.33. The van der Waals surface area contributed by atoms with E-state index in [4.69, 9.17) is 0 Å². The van der Waals surface area contributed by atoms with Gasteiger partial charge in [0.2, 0.25) is 5.91 Å². The molecule has 0 bridgehead atoms. The van der Waals surface area contributed by atoms with Gasteiger partial charge in [0, 0.05) is 18.8 Å². The van der Waals surface area contributed by atoms with Gasteiger partial charge in [-0.3, -0.25) is 9.78 Å². The fourth-order valence-corrected chi connectivity index (χ4v) is 2.53. The normalized spacial score (nSPS) is 17.9. The number of nitrogens with zero attached hydrogens (tertiary/aromatic N) is 1. The predicted octanol–water partition coefficient (Wildman–Crippen LogP) is 2.04. The van der Waals surface area contributed by atoms with Crippen molar-refractivity contribution in [2.75, 3.05) is 13.1 Å². The van der Waals surface area contributed by atoms with Crippen molar-refractivity contribution >= 4 is 5.91 Å². The molecule has 0 spiro atoms. The first kappa shape index (κ1) is 14.0. The van der Waals surface area contributed by atoms with Gasteiger partial charge in [0.25, 0.3) is 0 Å². The van der Waals surface area contributed by atoms with Gasteiger partial charge in [-0.2, -0.15) is 0 Å². The highest BCUT2D eigenvalue weighted by Gasteiger charge is 2.15. The molecular formula is C15H23N3O. The van der Waals surface area contributed by atoms with Crippen LogP contribution in [0.15, 0.2) is 24.5 Å². The number of carbonyl (C=O) groups excluding carboxylic acids is 1. The largest absolute Gasteiger partial charge is 0.350 e. The number of carbonyl (C=O) groups is 1. The molecule has 0 aliphatic carbocycles. The number of nitrogens with one attached hydrogen (secondary N) is 2. The van der Waals surface area contributed by atoms with Gasteiger partial charge in [0.15, 0.2) is 0 Å². The second-order valence-electron chi connectivity index (χ2n) is 5.31. The fourth-order valence-electron chi connectivity index (χ4n) is 2.53. The summed E-state index contributed by atoms with van der Waals surface area (Å²) >= 11 is 0. The van der Waals surface area contributed by atoms with Crippen LogP contribution >= 0.6 is 0 Å². The van der Waals surface area contributed by atoms with Crippen molar-refractivity contribution in [3.8, 4) is 0 Å². The third kappa shape index (κ3) is 4.63. The lowest BCUT2D eigenvalue weighted by molar-refractivity contribution is -0.122. The van der Waals surface area contributed by atoms with Crippen LogP contribution in [0.25, 0.3) is 0 Å². The van der Waals surface area contributed by atoms with E-state index in [-0.39, 0.29) is 11.9 Å². The molecule has 2 N–H and O–H groups in total. The van der Waals surface area contributed by atoms with Crippen LogP contribution in [0.2, 0.25) is 0 Å². The minimum atomic E-state index is 0.0363. The molecule has 2 heterocycles. The van der Waals surface area contributed by atoms with Crippen LogP contribution in [0.4, 0.5) is 0 Å². The summed E-state index contributed by atoms with van der Waals surface area (Å²) in [5.41, 5.74) is 1.05. The molecule has 1 saturated heterocycles. The van der Waals surface area contributed by atoms with Crippen LogP contribution in [-0.4, -0.2) is 24.0 Å². The maximum atomic E-state index is 11.9. The van der Waals surface area contributed by atoms with Crippen molar-refractivity contribution in [1.82, 2.24) is 15.6 Å². The van der Waals surface area contributed by atoms with Crippen molar-refractivity contribution in [2.45, 2.75) is 38.6 Å². The van der Waals surface area contributed by atoms with E-state index in [2.05, 4.69) is 15.6 Å². The van der Waals surface area contributed by atoms with Crippen LogP contribution < -0.4 is 10.6 Å². The topological polar surface area (TPSA) is 54.0 Å². The number of hydrogen-bond donors (Lipinski definition) is 2. The van der Waals surface area contributed by atoms with Crippen LogP contribution in [0, 0.1) is 5.92 Å². The minimum absolute atomic E-state index is 0.0363. The second-order valence-corrected chi connectivity index (χ2v) is 5.31. The molecule has 1 amide bonds. The van der Waals surface area contributed by atoms with Gasteiger partial charge in [0.1, 0.15) is 0 Å². The van der Waals surface area contributed by atoms with E-state index in [0.29, 0.717) is 12.3 Å². The number of piperidine rings is 1. The molecule has 1 atom stereocenters. The number of amides is 1. The van der Waals surface area contributed by atoms with E-state index >= 15 is 0 Å². The van der Waals surface area contributed by atoms with Gasteiger partial charge in [-0.1, -0.05) is 6.07 Å². The van der Waals surface area contributed by atoms with Crippen LogP contribution in [-0.2, 0) is 4.79 Å². The van der Waals surface area contributed by atoms with Crippen molar-refractivity contribution in [3.63, 3.8) is 0 Å². The summed E-state index contributed by atoms with van der Waals surface area (Å²) < 4.78 is 0. The Balaban J connectivity index is 1.71. The van der Waals surface area contributed by atoms with E-state index in [1.54, 1.807) is 12.4 Å². The Hall–Kier alpha value is -1.42. The zero-order valence-electron chi connectivity index (χ0n) is 11.6. The zero-order chi connectivity index (χ0) is 13.5. The fraction of sp³-hybridized carbons (Fsp3) is 0.600. The second kappa shape index (κ2) is 7.24. The zero-order valence-corrected chi connectivity index (χ0v) is 11.6. The standard InChI is InChI=1S/C15H23N3O/c1-12(14-3-2-8-17-11-14)18-15(19)5-4-13-6-9-16-10-7-13/h2-3,8,11-13,16H,4-7,9-10H2,1H3,(H,18,19)/t12-/m0/s1. The Bertz CT molecular complexity index is 388. The van der Waals surface area contributed by atoms with Crippen LogP contribution in [0.1, 0.15) is 44.2 Å². The van der Waals surface area contributed by atoms with Gasteiger partial charge < -0.3 is 10.6 Å². The first-order valence-electron chi connectivity index (χ1n) is 7.15. The smallest absolute Gasteiger partial charge is 0.220 e. The van der Waals surface area contributed by atoms with Crippen molar-refractivity contribution in [1.29, 1.82) is 0 Å². The lowest BCUT2D eigenvalue weighted by Crippen LogP contribution is -2.30. The summed E-state index contributed by atoms with van der Waals surface area (Å²) in [5, 5.41) is 6.39. The molecule has 1 aliphatic rings. The van der Waals surface area contributed by atoms with Gasteiger partial charge in [-0.25, -0.2) is 0 Å². The maximum absolute atomic E-state index is 11.9. The Morgan fingerprint density at radius 1 is 1.53 bits per heavy atom. The summed E-state index contributed by atoms with van der Waals surface area (Å²) in [6, 6.07) is 3.92. The van der Waals surface area contributed by atoms with Crippen molar-refractivity contribution in [2.24, 2.45) is 5.92 Å². The molecule has 2 rings (SSSR count). The highest BCUT2D eigenvalue weighted by Crippen LogP contribution is 2.18. The molecule has 19 heavy (non-hydrogen) atoms. The summed E-state index contributed by atoms with van der Waals surface area (Å²) in [6.45, 7) is 4.19. The van der Waals surface area contributed by atoms with Crippen LogP contribution in [0.3, 0.4) is 0 Å². The number of rotatable bonds is 5. The molecule has 0 radical (unpaired) electrons. The average Bonchev–Trinajstić information content (AvgIpc) is 2.47. The quantitative estimate of drug-likeness (QED) is 0.853. The van der Waals surface area contributed by atoms with Gasteiger partial charge in [-0.15, -0.1) is 0 Å². The summed E-state index contributed by atoms with van der Waals surface area (Å²) in [4.78, 5) is 16.0. The van der Waals surface area contributed by atoms with E-state index < -0.39 is 0 Å². The molecule has 1 aliphatic heterocycles. The monoisotopic (exact) mass is 261 g/mol. The predicted molar refractivity (Wildman–Crippen MR) is 75.6 cm³/mol. The number of pyridine rings is 1. The average molecular weight is 261 g/mol. The Morgan fingerprint density at radius 3 is 3.00 bits per heavy atom. The molecule has 1 aromatic rings. The number of hydrogen-bond acceptors (Lipinski definition) is 3. The highest BCUT2D eigenvalue weighted by molar-refractivity contribution is 5.76. The van der Waals surface area contributed by atoms with Gasteiger partial charge in [0.05, 0.1) is 6.04 Å². The Morgan fingerprint density at radius 2 is 2.32 bits per heavy atom. The summed E-state index contributed by atoms with van der Waals surface area (Å²) in [6.07, 6.45) is 7.59. The summed E-state index contributed by atoms with van der Waals surface area (Å²) in [7, 11) is 0. The van der Waals surface area contributed by atoms with E-state index in [0.717, 1.165) is 25.1 Å². The molecular weight excluding hydrogens is 238 g/mol. The third-order valence-electron chi connectivity index (χ3n) is 3.80. The molecule has 0 saturated carbocycles. The molecule has 4 heteroatoms. The lowest BCUT2D eigenvalue weighted by Gasteiger charge is -2.22. The first-order valence-corrected chi connectivity index (χ1v) is 7.15. The molecule has 1 aromatic heterocycles. The van der Waals surface area contributed by atoms with Gasteiger partial charge >= 0.3 is 0 Å². The van der Waals surface area contributed by atoms with Crippen LogP contribution in [0.5, 0.6) is 0 Å². The molecule has 104 valence electrons. The van der Waals surface area contributed by atoms with Crippen molar-refractivity contribution in [3.05, 3.63) is 30.1 Å². The third-order valence-corrected chi connectivity index (χ3v) is 3.80. The number of aromatic nitrogens is 1. The van der Waals surface area contributed by atoms with E-state index in [1.165, 1.54) is 12.8 Å². The van der Waals surface area contributed by atoms with E-state index in [9.17, 15) is 4.79 Å². The maximum Gasteiger partial charge on any atom is 0.220 e. The minimum Gasteiger partial charge on any atom is -0.350 e. The molecule has 0 unspecified atom stereocenters. The van der Waals surface area contributed by atoms with Gasteiger partial charge in [-0.05, 0) is 56.8 Å². The first-order chi connectivity index (χ1) is 9.25. The van der Waals surface area contributed by atoms with E-state index in [1.807, 2.05) is 19.1 Å². The lowest BCUT2D eigenvalue weighted by atomic mass is 9.93. The molecule has 1 fully saturated rings. The SMILES string of the molecule is C[C@H](NC(=O)CCC1CCNCC1)c1cccnc1. The molecule has 4 nitrogen and oxygen atoms in total. The summed E-state index contributed by atoms with van der Waals surface area (Å²) in [5.74, 6) is 0.857. The Labute approximate surface area is 115 Å². The molecule has 0 aromatic carbocycles. The highest BCUT2D eigenvalue weighted by atomic mass is 16.1.